The molecule has 15 heavy (non-hydrogen) atoms. The maximum atomic E-state index is 11.5. The van der Waals surface area contributed by atoms with Crippen LogP contribution in [0.2, 0.25) is 0 Å². The number of hydrogen-bond donors (Lipinski definition) is 0. The Morgan fingerprint density at radius 1 is 1.20 bits per heavy atom. The van der Waals surface area contributed by atoms with E-state index in [-0.39, 0.29) is 29.4 Å². The van der Waals surface area contributed by atoms with Gasteiger partial charge in [-0.25, -0.2) is 8.42 Å². The molecule has 5 heteroatoms. The summed E-state index contributed by atoms with van der Waals surface area (Å²) < 4.78 is 23.1. The third-order valence-electron chi connectivity index (χ3n) is 2.10. The van der Waals surface area contributed by atoms with E-state index in [1.807, 2.05) is 27.7 Å². The number of carbonyl (C=O) groups is 1. The Labute approximate surface area is 92.6 Å². The lowest BCUT2D eigenvalue weighted by Crippen LogP contribution is -2.38. The van der Waals surface area contributed by atoms with Crippen LogP contribution in [0.3, 0.4) is 0 Å². The molecule has 0 aromatic rings. The fourth-order valence-electron chi connectivity index (χ4n) is 1.14. The van der Waals surface area contributed by atoms with Crippen molar-refractivity contribution in [2.45, 2.75) is 33.7 Å². The lowest BCUT2D eigenvalue weighted by molar-refractivity contribution is -0.128. The number of hydrogen-bond acceptors (Lipinski definition) is 3. The zero-order valence-electron chi connectivity index (χ0n) is 10.1. The van der Waals surface area contributed by atoms with Gasteiger partial charge in [0.15, 0.2) is 9.84 Å². The first kappa shape index (κ1) is 14.4. The summed E-state index contributed by atoms with van der Waals surface area (Å²) in [6, 6.07) is 0.0340. The molecule has 0 N–H and O–H groups in total. The molecule has 90 valence electrons. The van der Waals surface area contributed by atoms with Crippen molar-refractivity contribution >= 4 is 15.7 Å². The summed E-state index contributed by atoms with van der Waals surface area (Å²) >= 11 is 0. The van der Waals surface area contributed by atoms with Gasteiger partial charge in [0.1, 0.15) is 5.75 Å². The molecule has 0 saturated heterocycles. The molecule has 0 aliphatic rings. The molecule has 0 aromatic heterocycles. The first-order valence-corrected chi connectivity index (χ1v) is 6.94. The standard InChI is InChI=1S/C10H21NO3S/c1-8(2)6-15(13,14)7-10(12)11(5)9(3)4/h8-9H,6-7H2,1-5H3. The second-order valence-corrected chi connectivity index (χ2v) is 6.66. The number of rotatable bonds is 5. The fraction of sp³-hybridized carbons (Fsp3) is 0.900. The van der Waals surface area contributed by atoms with Gasteiger partial charge in [0, 0.05) is 13.1 Å². The molecule has 0 aliphatic heterocycles. The van der Waals surface area contributed by atoms with E-state index in [0.717, 1.165) is 0 Å². The molecule has 0 radical (unpaired) electrons. The van der Waals surface area contributed by atoms with Gasteiger partial charge in [-0.2, -0.15) is 0 Å². The average molecular weight is 235 g/mol. The normalized spacial score (nSPS) is 12.2. The number of nitrogens with zero attached hydrogens (tertiary/aromatic N) is 1. The second-order valence-electron chi connectivity index (χ2n) is 4.55. The van der Waals surface area contributed by atoms with E-state index in [1.54, 1.807) is 7.05 Å². The molecule has 4 nitrogen and oxygen atoms in total. The van der Waals surface area contributed by atoms with E-state index >= 15 is 0 Å². The minimum Gasteiger partial charge on any atom is -0.342 e. The van der Waals surface area contributed by atoms with Crippen molar-refractivity contribution in [1.29, 1.82) is 0 Å². The average Bonchev–Trinajstić information content (AvgIpc) is 1.98. The van der Waals surface area contributed by atoms with Crippen LogP contribution in [-0.4, -0.2) is 43.8 Å². The minimum absolute atomic E-state index is 0.0340. The summed E-state index contributed by atoms with van der Waals surface area (Å²) in [7, 11) is -1.63. The quantitative estimate of drug-likeness (QED) is 0.712. The van der Waals surface area contributed by atoms with E-state index in [9.17, 15) is 13.2 Å². The Balaban J connectivity index is 4.41. The first-order valence-electron chi connectivity index (χ1n) is 5.12. The van der Waals surface area contributed by atoms with Gasteiger partial charge in [-0.1, -0.05) is 13.8 Å². The molecule has 0 heterocycles. The molecular formula is C10H21NO3S. The Morgan fingerprint density at radius 3 is 2.00 bits per heavy atom. The van der Waals surface area contributed by atoms with E-state index in [1.165, 1.54) is 4.90 Å². The Kier molecular flexibility index (Phi) is 5.28. The predicted molar refractivity (Wildman–Crippen MR) is 61.4 cm³/mol. The van der Waals surface area contributed by atoms with Crippen LogP contribution in [0.25, 0.3) is 0 Å². The van der Waals surface area contributed by atoms with Crippen molar-refractivity contribution in [2.75, 3.05) is 18.6 Å². The van der Waals surface area contributed by atoms with E-state index in [2.05, 4.69) is 0 Å². The number of amides is 1. The molecule has 0 unspecified atom stereocenters. The largest absolute Gasteiger partial charge is 0.342 e. The summed E-state index contributed by atoms with van der Waals surface area (Å²) in [6.07, 6.45) is 0. The number of carbonyl (C=O) groups excluding carboxylic acids is 1. The van der Waals surface area contributed by atoms with Gasteiger partial charge in [-0.3, -0.25) is 4.79 Å². The van der Waals surface area contributed by atoms with Crippen LogP contribution >= 0.6 is 0 Å². The van der Waals surface area contributed by atoms with Gasteiger partial charge in [0.05, 0.1) is 5.75 Å². The Morgan fingerprint density at radius 2 is 1.67 bits per heavy atom. The highest BCUT2D eigenvalue weighted by molar-refractivity contribution is 7.92. The zero-order valence-corrected chi connectivity index (χ0v) is 11.0. The van der Waals surface area contributed by atoms with Gasteiger partial charge in [-0.15, -0.1) is 0 Å². The Bertz CT molecular complexity index is 307. The molecule has 0 spiro atoms. The number of sulfone groups is 1. The van der Waals surface area contributed by atoms with Crippen LogP contribution in [0, 0.1) is 5.92 Å². The second kappa shape index (κ2) is 5.49. The molecule has 0 bridgehead atoms. The van der Waals surface area contributed by atoms with Crippen LogP contribution in [0.4, 0.5) is 0 Å². The van der Waals surface area contributed by atoms with Crippen LogP contribution in [0.5, 0.6) is 0 Å². The van der Waals surface area contributed by atoms with Gasteiger partial charge in [-0.05, 0) is 19.8 Å². The van der Waals surface area contributed by atoms with Crippen molar-refractivity contribution in [3.8, 4) is 0 Å². The van der Waals surface area contributed by atoms with E-state index < -0.39 is 9.84 Å². The van der Waals surface area contributed by atoms with Crippen LogP contribution in [0.15, 0.2) is 0 Å². The minimum atomic E-state index is -3.25. The predicted octanol–water partition coefficient (Wildman–Crippen LogP) is 0.924. The summed E-state index contributed by atoms with van der Waals surface area (Å²) in [6.45, 7) is 7.36. The van der Waals surface area contributed by atoms with Gasteiger partial charge >= 0.3 is 0 Å². The van der Waals surface area contributed by atoms with E-state index in [4.69, 9.17) is 0 Å². The summed E-state index contributed by atoms with van der Waals surface area (Å²) in [5.41, 5.74) is 0. The van der Waals surface area contributed by atoms with Crippen LogP contribution in [-0.2, 0) is 14.6 Å². The van der Waals surface area contributed by atoms with Crippen LogP contribution in [0.1, 0.15) is 27.7 Å². The molecule has 0 aliphatic carbocycles. The fourth-order valence-corrected chi connectivity index (χ4v) is 2.86. The molecular weight excluding hydrogens is 214 g/mol. The van der Waals surface area contributed by atoms with Gasteiger partial charge < -0.3 is 4.90 Å². The molecule has 0 aromatic carbocycles. The first-order chi connectivity index (χ1) is 6.65. The molecule has 0 rings (SSSR count). The maximum Gasteiger partial charge on any atom is 0.237 e. The molecule has 1 amide bonds. The molecule has 0 fully saturated rings. The van der Waals surface area contributed by atoms with Crippen LogP contribution < -0.4 is 0 Å². The van der Waals surface area contributed by atoms with Gasteiger partial charge in [0.25, 0.3) is 0 Å². The highest BCUT2D eigenvalue weighted by atomic mass is 32.2. The third-order valence-corrected chi connectivity index (χ3v) is 3.96. The smallest absolute Gasteiger partial charge is 0.237 e. The zero-order chi connectivity index (χ0) is 12.2. The Hall–Kier alpha value is -0.580. The molecule has 0 saturated carbocycles. The van der Waals surface area contributed by atoms with Crippen molar-refractivity contribution in [3.63, 3.8) is 0 Å². The SMILES string of the molecule is CC(C)CS(=O)(=O)CC(=O)N(C)C(C)C. The highest BCUT2D eigenvalue weighted by Crippen LogP contribution is 2.03. The topological polar surface area (TPSA) is 54.5 Å². The summed E-state index contributed by atoms with van der Waals surface area (Å²) in [5, 5.41) is 0. The summed E-state index contributed by atoms with van der Waals surface area (Å²) in [4.78, 5) is 13.0. The maximum absolute atomic E-state index is 11.5. The van der Waals surface area contributed by atoms with Crippen molar-refractivity contribution < 1.29 is 13.2 Å². The van der Waals surface area contributed by atoms with Crippen molar-refractivity contribution in [3.05, 3.63) is 0 Å². The lowest BCUT2D eigenvalue weighted by atomic mass is 10.3. The summed E-state index contributed by atoms with van der Waals surface area (Å²) in [5.74, 6) is -0.567. The third kappa shape index (κ3) is 5.77. The monoisotopic (exact) mass is 235 g/mol. The van der Waals surface area contributed by atoms with Gasteiger partial charge in [0.2, 0.25) is 5.91 Å². The highest BCUT2D eigenvalue weighted by Gasteiger charge is 2.21. The lowest BCUT2D eigenvalue weighted by Gasteiger charge is -2.21. The van der Waals surface area contributed by atoms with E-state index in [0.29, 0.717) is 0 Å². The van der Waals surface area contributed by atoms with Crippen molar-refractivity contribution in [2.24, 2.45) is 5.92 Å². The van der Waals surface area contributed by atoms with Crippen molar-refractivity contribution in [1.82, 2.24) is 4.90 Å². The molecule has 0 atom stereocenters.